The van der Waals surface area contributed by atoms with E-state index in [0.29, 0.717) is 12.1 Å². The van der Waals surface area contributed by atoms with Gasteiger partial charge in [-0.2, -0.15) is 0 Å². The average Bonchev–Trinajstić information content (AvgIpc) is 3.51. The number of aromatic nitrogens is 4. The number of piperidine rings is 1. The van der Waals surface area contributed by atoms with Gasteiger partial charge in [0.1, 0.15) is 12.9 Å². The number of esters is 1. The highest BCUT2D eigenvalue weighted by Crippen LogP contribution is 2.46. The van der Waals surface area contributed by atoms with Crippen LogP contribution >= 0.6 is 0 Å². The number of tetrazole rings is 1. The van der Waals surface area contributed by atoms with E-state index in [1.54, 1.807) is 16.5 Å². The number of carbonyl (C=O) groups excluding carboxylic acids is 2. The number of aryl methyl sites for hydroxylation is 1. The van der Waals surface area contributed by atoms with Crippen molar-refractivity contribution < 1.29 is 19.4 Å². The Balaban J connectivity index is 1.23. The van der Waals surface area contributed by atoms with Gasteiger partial charge in [0, 0.05) is 12.6 Å². The molecule has 3 aliphatic rings. The number of hydrogen-bond acceptors (Lipinski definition) is 8. The Morgan fingerprint density at radius 2 is 2.00 bits per heavy atom. The predicted octanol–water partition coefficient (Wildman–Crippen LogP) is 1.54. The van der Waals surface area contributed by atoms with E-state index in [1.165, 1.54) is 6.33 Å². The van der Waals surface area contributed by atoms with E-state index in [4.69, 9.17) is 4.74 Å². The zero-order valence-corrected chi connectivity index (χ0v) is 19.8. The van der Waals surface area contributed by atoms with Gasteiger partial charge in [-0.25, -0.2) is 9.48 Å². The Kier molecular flexibility index (Phi) is 5.73. The van der Waals surface area contributed by atoms with Gasteiger partial charge in [-0.15, -0.1) is 5.10 Å². The van der Waals surface area contributed by atoms with Crippen LogP contribution in [0.1, 0.15) is 50.3 Å². The molecule has 34 heavy (non-hydrogen) atoms. The van der Waals surface area contributed by atoms with Crippen LogP contribution in [-0.4, -0.2) is 79.3 Å². The van der Waals surface area contributed by atoms with Gasteiger partial charge in [0.2, 0.25) is 5.91 Å². The normalized spacial score (nSPS) is 23.8. The predicted molar refractivity (Wildman–Crippen MR) is 122 cm³/mol. The monoisotopic (exact) mass is 466 g/mol. The SMILES string of the molecule is CC1=C(N2C(=O)C3(CCN(CC(O)c4ccc(-n5cnnn5)cc4C)CC3)CC2C)COC1=O. The number of aliphatic hydroxyl groups excluding tert-OH is 1. The Bertz CT molecular complexity index is 1140. The molecule has 0 radical (unpaired) electrons. The minimum absolute atomic E-state index is 0.0467. The first kappa shape index (κ1) is 22.7. The Hall–Kier alpha value is -3.11. The van der Waals surface area contributed by atoms with Crippen molar-refractivity contribution in [2.24, 2.45) is 5.41 Å². The molecule has 5 rings (SSSR count). The Labute approximate surface area is 198 Å². The number of benzene rings is 1. The number of amides is 1. The summed E-state index contributed by atoms with van der Waals surface area (Å²) >= 11 is 0. The van der Waals surface area contributed by atoms with Crippen molar-refractivity contribution in [1.82, 2.24) is 30.0 Å². The molecule has 1 spiro atoms. The quantitative estimate of drug-likeness (QED) is 0.660. The lowest BCUT2D eigenvalue weighted by Crippen LogP contribution is -2.45. The van der Waals surface area contributed by atoms with Crippen LogP contribution in [0.3, 0.4) is 0 Å². The van der Waals surface area contributed by atoms with Crippen molar-refractivity contribution in [1.29, 1.82) is 0 Å². The van der Waals surface area contributed by atoms with Gasteiger partial charge in [0.05, 0.1) is 28.5 Å². The summed E-state index contributed by atoms with van der Waals surface area (Å²) in [5.41, 5.74) is 3.56. The van der Waals surface area contributed by atoms with Gasteiger partial charge in [0.25, 0.3) is 0 Å². The number of ether oxygens (including phenoxy) is 1. The summed E-state index contributed by atoms with van der Waals surface area (Å²) in [6, 6.07) is 5.82. The third-order valence-corrected chi connectivity index (χ3v) is 7.64. The van der Waals surface area contributed by atoms with Crippen molar-refractivity contribution >= 4 is 11.9 Å². The lowest BCUT2D eigenvalue weighted by atomic mass is 9.76. The lowest BCUT2D eigenvalue weighted by Gasteiger charge is -2.38. The standard InChI is InChI=1S/C24H30N6O4/c1-15-10-18(29-14-25-26-27-29)4-5-19(15)21(31)12-28-8-6-24(7-9-28)11-16(2)30(23(24)33)20-13-34-22(32)17(20)3/h4-5,10,14,16,21,31H,6-9,11-13H2,1-3H3. The first-order chi connectivity index (χ1) is 16.3. The highest BCUT2D eigenvalue weighted by molar-refractivity contribution is 5.94. The minimum atomic E-state index is -0.624. The summed E-state index contributed by atoms with van der Waals surface area (Å²) in [4.78, 5) is 29.4. The summed E-state index contributed by atoms with van der Waals surface area (Å²) in [5.74, 6) is -0.220. The number of hydrogen-bond donors (Lipinski definition) is 1. The number of cyclic esters (lactones) is 1. The van der Waals surface area contributed by atoms with Crippen LogP contribution in [0.2, 0.25) is 0 Å². The number of carbonyl (C=O) groups is 2. The molecule has 2 fully saturated rings. The van der Waals surface area contributed by atoms with Crippen LogP contribution in [0, 0.1) is 12.3 Å². The molecule has 1 N–H and O–H groups in total. The first-order valence-corrected chi connectivity index (χ1v) is 11.7. The fourth-order valence-corrected chi connectivity index (χ4v) is 5.69. The van der Waals surface area contributed by atoms with E-state index < -0.39 is 11.5 Å². The van der Waals surface area contributed by atoms with Gasteiger partial charge < -0.3 is 19.6 Å². The fourth-order valence-electron chi connectivity index (χ4n) is 5.69. The van der Waals surface area contributed by atoms with E-state index in [0.717, 1.165) is 54.9 Å². The van der Waals surface area contributed by atoms with Crippen LogP contribution in [0.5, 0.6) is 0 Å². The van der Waals surface area contributed by atoms with Crippen LogP contribution in [0.4, 0.5) is 0 Å². The zero-order chi connectivity index (χ0) is 24.0. The summed E-state index contributed by atoms with van der Waals surface area (Å²) in [5, 5.41) is 22.2. The van der Waals surface area contributed by atoms with E-state index in [1.807, 2.05) is 32.0 Å². The largest absolute Gasteiger partial charge is 0.456 e. The highest BCUT2D eigenvalue weighted by Gasteiger charge is 2.53. The first-order valence-electron chi connectivity index (χ1n) is 11.7. The molecule has 0 saturated carbocycles. The number of rotatable bonds is 5. The van der Waals surface area contributed by atoms with Crippen LogP contribution < -0.4 is 0 Å². The zero-order valence-electron chi connectivity index (χ0n) is 19.8. The smallest absolute Gasteiger partial charge is 0.336 e. The van der Waals surface area contributed by atoms with Crippen molar-refractivity contribution in [3.8, 4) is 5.69 Å². The Morgan fingerprint density at radius 3 is 2.62 bits per heavy atom. The van der Waals surface area contributed by atoms with Crippen molar-refractivity contribution in [3.63, 3.8) is 0 Å². The fraction of sp³-hybridized carbons (Fsp3) is 0.542. The second-order valence-corrected chi connectivity index (χ2v) is 9.77. The molecule has 180 valence electrons. The molecule has 2 atom stereocenters. The lowest BCUT2D eigenvalue weighted by molar-refractivity contribution is -0.139. The topological polar surface area (TPSA) is 114 Å². The average molecular weight is 467 g/mol. The summed E-state index contributed by atoms with van der Waals surface area (Å²) in [6.07, 6.45) is 3.19. The van der Waals surface area contributed by atoms with Crippen molar-refractivity contribution in [2.75, 3.05) is 26.2 Å². The summed E-state index contributed by atoms with van der Waals surface area (Å²) in [6.45, 7) is 7.95. The second kappa shape index (κ2) is 8.59. The molecule has 0 bridgehead atoms. The maximum absolute atomic E-state index is 13.5. The third-order valence-electron chi connectivity index (χ3n) is 7.64. The minimum Gasteiger partial charge on any atom is -0.456 e. The maximum Gasteiger partial charge on any atom is 0.336 e. The van der Waals surface area contributed by atoms with Gasteiger partial charge in [-0.3, -0.25) is 4.79 Å². The molecule has 1 aromatic carbocycles. The number of likely N-dealkylation sites (tertiary alicyclic amines) is 2. The van der Waals surface area contributed by atoms with Gasteiger partial charge in [-0.1, -0.05) is 6.07 Å². The number of β-amino-alcohol motifs (C(OH)–C–C–N with tert-alkyl or cyclic N) is 1. The van der Waals surface area contributed by atoms with E-state index in [-0.39, 0.29) is 24.5 Å². The molecule has 1 aromatic heterocycles. The van der Waals surface area contributed by atoms with Crippen LogP contribution in [0.25, 0.3) is 5.69 Å². The molecule has 0 aliphatic carbocycles. The molecule has 2 aromatic rings. The molecule has 3 aliphatic heterocycles. The summed E-state index contributed by atoms with van der Waals surface area (Å²) in [7, 11) is 0. The molecular weight excluding hydrogens is 436 g/mol. The van der Waals surface area contributed by atoms with E-state index in [2.05, 4.69) is 20.4 Å². The maximum atomic E-state index is 13.5. The molecule has 4 heterocycles. The number of nitrogens with zero attached hydrogens (tertiary/aromatic N) is 6. The molecule has 2 unspecified atom stereocenters. The van der Waals surface area contributed by atoms with Gasteiger partial charge >= 0.3 is 5.97 Å². The molecular formula is C24H30N6O4. The highest BCUT2D eigenvalue weighted by atomic mass is 16.5. The molecule has 10 heteroatoms. The van der Waals surface area contributed by atoms with Crippen LogP contribution in [0.15, 0.2) is 35.8 Å². The van der Waals surface area contributed by atoms with Gasteiger partial charge in [0.15, 0.2) is 0 Å². The van der Waals surface area contributed by atoms with E-state index in [9.17, 15) is 14.7 Å². The molecule has 1 amide bonds. The van der Waals surface area contributed by atoms with Crippen molar-refractivity contribution in [2.45, 2.75) is 52.2 Å². The van der Waals surface area contributed by atoms with Crippen molar-refractivity contribution in [3.05, 3.63) is 46.9 Å². The molecule has 10 nitrogen and oxygen atoms in total. The van der Waals surface area contributed by atoms with E-state index >= 15 is 0 Å². The number of aliphatic hydroxyl groups is 1. The van der Waals surface area contributed by atoms with Gasteiger partial charge in [-0.05, 0) is 86.8 Å². The molecule has 2 saturated heterocycles. The summed E-state index contributed by atoms with van der Waals surface area (Å²) < 4.78 is 6.73. The third kappa shape index (κ3) is 3.80. The Morgan fingerprint density at radius 1 is 1.24 bits per heavy atom. The van der Waals surface area contributed by atoms with Crippen LogP contribution in [-0.2, 0) is 14.3 Å². The second-order valence-electron chi connectivity index (χ2n) is 9.77.